The maximum absolute atomic E-state index is 12.5. The Morgan fingerprint density at radius 1 is 1.40 bits per heavy atom. The molecule has 6 heteroatoms. The van der Waals surface area contributed by atoms with Crippen molar-refractivity contribution in [1.29, 1.82) is 0 Å². The van der Waals surface area contributed by atoms with Crippen LogP contribution in [0.5, 0.6) is 0 Å². The highest BCUT2D eigenvalue weighted by Crippen LogP contribution is 2.14. The zero-order chi connectivity index (χ0) is 18.4. The van der Waals surface area contributed by atoms with E-state index in [0.29, 0.717) is 16.5 Å². The van der Waals surface area contributed by atoms with E-state index in [9.17, 15) is 4.79 Å². The summed E-state index contributed by atoms with van der Waals surface area (Å²) in [6.07, 6.45) is 6.39. The predicted molar refractivity (Wildman–Crippen MR) is 102 cm³/mol. The fourth-order valence-electron chi connectivity index (χ4n) is 2.38. The third-order valence-electron chi connectivity index (χ3n) is 3.68. The standard InChI is InChI=1S/C19H21ClN4O/c1-4-14(13(3)23-18-11-22-10-17(20)24-18)9-16(21)19(25)15-7-5-6-12(2)8-15/h4-11,13,16H,1,21H2,2-3H3,(H,23,24)/b14-9+/t13-,16?/m0/s1. The lowest BCUT2D eigenvalue weighted by molar-refractivity contribution is 0.0977. The number of benzene rings is 1. The van der Waals surface area contributed by atoms with Gasteiger partial charge in [0.05, 0.1) is 18.4 Å². The number of aryl methyl sites for hydroxylation is 1. The van der Waals surface area contributed by atoms with Crippen molar-refractivity contribution in [3.63, 3.8) is 0 Å². The second kappa shape index (κ2) is 8.55. The average molecular weight is 357 g/mol. The summed E-state index contributed by atoms with van der Waals surface area (Å²) in [5.41, 5.74) is 8.47. The van der Waals surface area contributed by atoms with Gasteiger partial charge in [0.2, 0.25) is 0 Å². The SMILES string of the molecule is C=C/C(=C\C(N)C(=O)c1cccc(C)c1)[C@H](C)Nc1cncc(Cl)n1. The van der Waals surface area contributed by atoms with Gasteiger partial charge in [0, 0.05) is 11.6 Å². The van der Waals surface area contributed by atoms with Gasteiger partial charge in [-0.05, 0) is 25.5 Å². The minimum Gasteiger partial charge on any atom is -0.362 e. The van der Waals surface area contributed by atoms with Gasteiger partial charge in [-0.15, -0.1) is 0 Å². The molecule has 0 saturated carbocycles. The lowest BCUT2D eigenvalue weighted by Gasteiger charge is -2.17. The number of rotatable bonds is 7. The maximum atomic E-state index is 12.5. The Morgan fingerprint density at radius 3 is 2.80 bits per heavy atom. The summed E-state index contributed by atoms with van der Waals surface area (Å²) in [6, 6.07) is 6.44. The molecule has 0 amide bonds. The molecule has 3 N–H and O–H groups in total. The molecule has 1 unspecified atom stereocenters. The number of hydrogen-bond acceptors (Lipinski definition) is 5. The Kier molecular flexibility index (Phi) is 6.44. The molecule has 0 fully saturated rings. The summed E-state index contributed by atoms with van der Waals surface area (Å²) in [7, 11) is 0. The van der Waals surface area contributed by atoms with Crippen LogP contribution in [0.25, 0.3) is 0 Å². The molecule has 1 aromatic heterocycles. The Labute approximate surface area is 152 Å². The molecule has 0 radical (unpaired) electrons. The van der Waals surface area contributed by atoms with Crippen LogP contribution < -0.4 is 11.1 Å². The van der Waals surface area contributed by atoms with Crippen molar-refractivity contribution in [3.8, 4) is 0 Å². The molecular formula is C19H21ClN4O. The number of hydrogen-bond donors (Lipinski definition) is 2. The second-order valence-corrected chi connectivity index (χ2v) is 6.11. The van der Waals surface area contributed by atoms with Crippen LogP contribution in [0, 0.1) is 6.92 Å². The highest BCUT2D eigenvalue weighted by Gasteiger charge is 2.16. The van der Waals surface area contributed by atoms with Crippen LogP contribution >= 0.6 is 11.6 Å². The van der Waals surface area contributed by atoms with Crippen LogP contribution in [0.4, 0.5) is 5.82 Å². The summed E-state index contributed by atoms with van der Waals surface area (Å²) in [4.78, 5) is 20.6. The number of nitrogens with one attached hydrogen (secondary N) is 1. The Hall–Kier alpha value is -2.50. The van der Waals surface area contributed by atoms with Crippen LogP contribution in [-0.2, 0) is 0 Å². The molecule has 0 bridgehead atoms. The van der Waals surface area contributed by atoms with E-state index in [2.05, 4.69) is 21.9 Å². The molecule has 2 rings (SSSR count). The summed E-state index contributed by atoms with van der Waals surface area (Å²) >= 11 is 5.84. The van der Waals surface area contributed by atoms with E-state index in [4.69, 9.17) is 17.3 Å². The minimum atomic E-state index is -0.760. The summed E-state index contributed by atoms with van der Waals surface area (Å²) in [5.74, 6) is 0.393. The number of nitrogens with two attached hydrogens (primary N) is 1. The zero-order valence-corrected chi connectivity index (χ0v) is 15.0. The summed E-state index contributed by atoms with van der Waals surface area (Å²) in [5, 5.41) is 3.46. The van der Waals surface area contributed by atoms with Gasteiger partial charge in [-0.1, -0.05) is 54.1 Å². The van der Waals surface area contributed by atoms with Crippen molar-refractivity contribution in [2.75, 3.05) is 5.32 Å². The number of carbonyl (C=O) groups is 1. The number of aromatic nitrogens is 2. The topological polar surface area (TPSA) is 80.9 Å². The molecule has 2 atom stereocenters. The normalized spacial score (nSPS) is 13.8. The van der Waals surface area contributed by atoms with Crippen LogP contribution in [0.15, 0.2) is 61.0 Å². The van der Waals surface area contributed by atoms with E-state index in [1.807, 2.05) is 32.0 Å². The molecule has 0 saturated heterocycles. The summed E-state index contributed by atoms with van der Waals surface area (Å²) < 4.78 is 0. The molecule has 0 aliphatic carbocycles. The Balaban J connectivity index is 2.14. The van der Waals surface area contributed by atoms with Crippen molar-refractivity contribution in [2.45, 2.75) is 25.9 Å². The van der Waals surface area contributed by atoms with Gasteiger partial charge in [-0.3, -0.25) is 9.78 Å². The fraction of sp³-hybridized carbons (Fsp3) is 0.211. The van der Waals surface area contributed by atoms with Gasteiger partial charge in [0.15, 0.2) is 5.78 Å². The van der Waals surface area contributed by atoms with E-state index >= 15 is 0 Å². The van der Waals surface area contributed by atoms with Crippen LogP contribution in [-0.4, -0.2) is 27.8 Å². The fourth-order valence-corrected chi connectivity index (χ4v) is 2.53. The Bertz CT molecular complexity index is 804. The smallest absolute Gasteiger partial charge is 0.183 e. The second-order valence-electron chi connectivity index (χ2n) is 5.72. The number of Topliss-reactive ketones (excluding diaryl/α,β-unsaturated/α-hetero) is 1. The van der Waals surface area contributed by atoms with E-state index in [1.54, 1.807) is 24.4 Å². The third-order valence-corrected chi connectivity index (χ3v) is 3.86. The van der Waals surface area contributed by atoms with Gasteiger partial charge in [-0.2, -0.15) is 0 Å². The minimum absolute atomic E-state index is 0.141. The molecule has 2 aromatic rings. The zero-order valence-electron chi connectivity index (χ0n) is 14.2. The van der Waals surface area contributed by atoms with Crippen molar-refractivity contribution in [1.82, 2.24) is 9.97 Å². The molecule has 0 spiro atoms. The largest absolute Gasteiger partial charge is 0.362 e. The van der Waals surface area contributed by atoms with Gasteiger partial charge < -0.3 is 11.1 Å². The maximum Gasteiger partial charge on any atom is 0.183 e. The first-order valence-electron chi connectivity index (χ1n) is 7.85. The van der Waals surface area contributed by atoms with Crippen molar-refractivity contribution >= 4 is 23.2 Å². The third kappa shape index (κ3) is 5.24. The quantitative estimate of drug-likeness (QED) is 0.585. The van der Waals surface area contributed by atoms with E-state index in [-0.39, 0.29) is 11.8 Å². The van der Waals surface area contributed by atoms with Gasteiger partial charge in [-0.25, -0.2) is 4.98 Å². The van der Waals surface area contributed by atoms with Gasteiger partial charge in [0.25, 0.3) is 0 Å². The van der Waals surface area contributed by atoms with Crippen molar-refractivity contribution < 1.29 is 4.79 Å². The lowest BCUT2D eigenvalue weighted by Crippen LogP contribution is -2.30. The highest BCUT2D eigenvalue weighted by atomic mass is 35.5. The first-order chi connectivity index (χ1) is 11.9. The van der Waals surface area contributed by atoms with Crippen molar-refractivity contribution in [2.24, 2.45) is 5.73 Å². The van der Waals surface area contributed by atoms with Crippen LogP contribution in [0.2, 0.25) is 5.15 Å². The molecular weight excluding hydrogens is 336 g/mol. The highest BCUT2D eigenvalue weighted by molar-refractivity contribution is 6.29. The molecule has 1 aromatic carbocycles. The molecule has 5 nitrogen and oxygen atoms in total. The first-order valence-corrected chi connectivity index (χ1v) is 8.23. The lowest BCUT2D eigenvalue weighted by atomic mass is 9.99. The molecule has 25 heavy (non-hydrogen) atoms. The monoisotopic (exact) mass is 356 g/mol. The molecule has 0 aliphatic rings. The molecule has 1 heterocycles. The van der Waals surface area contributed by atoms with Crippen LogP contribution in [0.3, 0.4) is 0 Å². The average Bonchev–Trinajstić information content (AvgIpc) is 2.58. The number of halogens is 1. The summed E-state index contributed by atoms with van der Waals surface area (Å²) in [6.45, 7) is 7.66. The Morgan fingerprint density at radius 2 is 2.16 bits per heavy atom. The predicted octanol–water partition coefficient (Wildman–Crippen LogP) is 3.56. The van der Waals surface area contributed by atoms with E-state index in [0.717, 1.165) is 11.1 Å². The number of ketones is 1. The molecule has 130 valence electrons. The van der Waals surface area contributed by atoms with Crippen LogP contribution in [0.1, 0.15) is 22.8 Å². The van der Waals surface area contributed by atoms with E-state index < -0.39 is 6.04 Å². The van der Waals surface area contributed by atoms with Crippen molar-refractivity contribution in [3.05, 3.63) is 77.2 Å². The number of nitrogens with zero attached hydrogens (tertiary/aromatic N) is 2. The van der Waals surface area contributed by atoms with E-state index in [1.165, 1.54) is 6.20 Å². The number of carbonyl (C=O) groups excluding carboxylic acids is 1. The first kappa shape index (κ1) is 18.8. The number of anilines is 1. The van der Waals surface area contributed by atoms with Gasteiger partial charge in [0.1, 0.15) is 11.0 Å². The van der Waals surface area contributed by atoms with Gasteiger partial charge >= 0.3 is 0 Å². The molecule has 0 aliphatic heterocycles.